The van der Waals surface area contributed by atoms with Gasteiger partial charge in [-0.2, -0.15) is 0 Å². The summed E-state index contributed by atoms with van der Waals surface area (Å²) in [7, 11) is 0. The number of hydrogen-bond acceptors (Lipinski definition) is 4. The van der Waals surface area contributed by atoms with Crippen molar-refractivity contribution in [1.29, 1.82) is 0 Å². The lowest BCUT2D eigenvalue weighted by molar-refractivity contribution is 0.174. The number of rotatable bonds is 6. The van der Waals surface area contributed by atoms with Crippen LogP contribution in [-0.4, -0.2) is 28.4 Å². The van der Waals surface area contributed by atoms with E-state index in [1.807, 2.05) is 0 Å². The van der Waals surface area contributed by atoms with E-state index in [0.29, 0.717) is 17.7 Å². The molecule has 0 aliphatic carbocycles. The van der Waals surface area contributed by atoms with Crippen LogP contribution in [0.5, 0.6) is 5.75 Å². The van der Waals surface area contributed by atoms with Crippen molar-refractivity contribution < 1.29 is 15.3 Å². The van der Waals surface area contributed by atoms with Gasteiger partial charge in [-0.25, -0.2) is 0 Å². The second-order valence-corrected chi connectivity index (χ2v) is 3.77. The number of hydrogen-bond donors (Lipinski definition) is 4. The molecule has 0 spiro atoms. The summed E-state index contributed by atoms with van der Waals surface area (Å²) in [4.78, 5) is 0. The standard InChI is InChI=1S/C12H19NO3/c1-2-5-13-7-12(16)9-3-4-11(15)10(6-9)8-14/h3-4,6,12-16H,2,5,7-8H2,1H3. The van der Waals surface area contributed by atoms with E-state index < -0.39 is 6.10 Å². The summed E-state index contributed by atoms with van der Waals surface area (Å²) in [6.07, 6.45) is 0.405. The monoisotopic (exact) mass is 225 g/mol. The summed E-state index contributed by atoms with van der Waals surface area (Å²) in [6, 6.07) is 4.77. The van der Waals surface area contributed by atoms with Crippen molar-refractivity contribution in [3.8, 4) is 5.75 Å². The van der Waals surface area contributed by atoms with Gasteiger partial charge in [0.25, 0.3) is 0 Å². The molecule has 0 fully saturated rings. The molecule has 1 aromatic rings. The molecule has 4 N–H and O–H groups in total. The van der Waals surface area contributed by atoms with E-state index in [2.05, 4.69) is 12.2 Å². The molecule has 0 amide bonds. The number of phenols is 1. The van der Waals surface area contributed by atoms with Gasteiger partial charge in [0.05, 0.1) is 12.7 Å². The molecule has 0 saturated heterocycles. The Bertz CT molecular complexity index is 328. The van der Waals surface area contributed by atoms with Crippen LogP contribution in [-0.2, 0) is 6.61 Å². The SMILES string of the molecule is CCCNCC(O)c1ccc(O)c(CO)c1. The van der Waals surface area contributed by atoms with E-state index in [1.165, 1.54) is 6.07 Å². The summed E-state index contributed by atoms with van der Waals surface area (Å²) in [5.41, 5.74) is 1.14. The average Bonchev–Trinajstić information content (AvgIpc) is 2.30. The second kappa shape index (κ2) is 6.48. The van der Waals surface area contributed by atoms with Gasteiger partial charge >= 0.3 is 0 Å². The highest BCUT2D eigenvalue weighted by molar-refractivity contribution is 5.36. The highest BCUT2D eigenvalue weighted by atomic mass is 16.3. The topological polar surface area (TPSA) is 72.7 Å². The van der Waals surface area contributed by atoms with E-state index in [-0.39, 0.29) is 12.4 Å². The molecule has 1 rings (SSSR count). The van der Waals surface area contributed by atoms with Crippen LogP contribution in [0.25, 0.3) is 0 Å². The van der Waals surface area contributed by atoms with Crippen LogP contribution >= 0.6 is 0 Å². The van der Waals surface area contributed by atoms with Gasteiger partial charge in [0, 0.05) is 12.1 Å². The molecular formula is C12H19NO3. The largest absolute Gasteiger partial charge is 0.508 e. The first-order valence-electron chi connectivity index (χ1n) is 5.50. The Hall–Kier alpha value is -1.10. The van der Waals surface area contributed by atoms with Gasteiger partial charge in [-0.3, -0.25) is 0 Å². The summed E-state index contributed by atoms with van der Waals surface area (Å²) in [5.74, 6) is 0.0555. The van der Waals surface area contributed by atoms with Crippen molar-refractivity contribution in [1.82, 2.24) is 5.32 Å². The molecule has 16 heavy (non-hydrogen) atoms. The van der Waals surface area contributed by atoms with Gasteiger partial charge in [-0.05, 0) is 30.7 Å². The first-order chi connectivity index (χ1) is 7.69. The minimum absolute atomic E-state index is 0.0555. The molecule has 1 atom stereocenters. The molecule has 0 bridgehead atoms. The summed E-state index contributed by atoms with van der Waals surface area (Å²) >= 11 is 0. The van der Waals surface area contributed by atoms with Crippen molar-refractivity contribution in [3.63, 3.8) is 0 Å². The molecule has 4 nitrogen and oxygen atoms in total. The van der Waals surface area contributed by atoms with E-state index in [1.54, 1.807) is 12.1 Å². The Labute approximate surface area is 95.6 Å². The number of nitrogens with one attached hydrogen (secondary N) is 1. The Morgan fingerprint density at radius 3 is 2.75 bits per heavy atom. The maximum absolute atomic E-state index is 9.83. The molecule has 0 heterocycles. The maximum atomic E-state index is 9.83. The van der Waals surface area contributed by atoms with Gasteiger partial charge in [-0.15, -0.1) is 0 Å². The number of aliphatic hydroxyl groups is 2. The zero-order chi connectivity index (χ0) is 12.0. The van der Waals surface area contributed by atoms with E-state index in [9.17, 15) is 10.2 Å². The van der Waals surface area contributed by atoms with Crippen molar-refractivity contribution >= 4 is 0 Å². The third-order valence-electron chi connectivity index (χ3n) is 2.42. The zero-order valence-corrected chi connectivity index (χ0v) is 9.48. The Kier molecular flexibility index (Phi) is 5.25. The summed E-state index contributed by atoms with van der Waals surface area (Å²) in [6.45, 7) is 3.17. The Balaban J connectivity index is 2.64. The predicted octanol–water partition coefficient (Wildman–Crippen LogP) is 0.917. The summed E-state index contributed by atoms with van der Waals surface area (Å²) < 4.78 is 0. The van der Waals surface area contributed by atoms with Crippen LogP contribution in [0.3, 0.4) is 0 Å². The molecule has 1 unspecified atom stereocenters. The highest BCUT2D eigenvalue weighted by Gasteiger charge is 2.09. The smallest absolute Gasteiger partial charge is 0.121 e. The third-order valence-corrected chi connectivity index (χ3v) is 2.42. The second-order valence-electron chi connectivity index (χ2n) is 3.77. The van der Waals surface area contributed by atoms with Crippen molar-refractivity contribution in [3.05, 3.63) is 29.3 Å². The van der Waals surface area contributed by atoms with E-state index in [4.69, 9.17) is 5.11 Å². The third kappa shape index (κ3) is 3.48. The maximum Gasteiger partial charge on any atom is 0.121 e. The van der Waals surface area contributed by atoms with Crippen molar-refractivity contribution in [2.75, 3.05) is 13.1 Å². The van der Waals surface area contributed by atoms with Crippen LogP contribution in [0.15, 0.2) is 18.2 Å². The van der Waals surface area contributed by atoms with Crippen molar-refractivity contribution in [2.24, 2.45) is 0 Å². The van der Waals surface area contributed by atoms with Crippen LogP contribution in [0.2, 0.25) is 0 Å². The normalized spacial score (nSPS) is 12.7. The van der Waals surface area contributed by atoms with E-state index >= 15 is 0 Å². The quantitative estimate of drug-likeness (QED) is 0.543. The van der Waals surface area contributed by atoms with Crippen LogP contribution < -0.4 is 5.32 Å². The first kappa shape index (κ1) is 13.0. The minimum Gasteiger partial charge on any atom is -0.508 e. The van der Waals surface area contributed by atoms with Gasteiger partial charge in [0.15, 0.2) is 0 Å². The fourth-order valence-electron chi connectivity index (χ4n) is 1.47. The van der Waals surface area contributed by atoms with Crippen molar-refractivity contribution in [2.45, 2.75) is 26.1 Å². The number of aromatic hydroxyl groups is 1. The zero-order valence-electron chi connectivity index (χ0n) is 9.48. The van der Waals surface area contributed by atoms with Gasteiger partial charge in [0.1, 0.15) is 5.75 Å². The van der Waals surface area contributed by atoms with Gasteiger partial charge in [-0.1, -0.05) is 13.0 Å². The number of benzene rings is 1. The highest BCUT2D eigenvalue weighted by Crippen LogP contribution is 2.22. The molecule has 0 aromatic heterocycles. The fourth-order valence-corrected chi connectivity index (χ4v) is 1.47. The minimum atomic E-state index is -0.613. The Morgan fingerprint density at radius 1 is 1.38 bits per heavy atom. The van der Waals surface area contributed by atoms with Gasteiger partial charge in [0.2, 0.25) is 0 Å². The molecule has 90 valence electrons. The van der Waals surface area contributed by atoms with Crippen LogP contribution in [0, 0.1) is 0 Å². The van der Waals surface area contributed by atoms with E-state index in [0.717, 1.165) is 13.0 Å². The average molecular weight is 225 g/mol. The predicted molar refractivity (Wildman–Crippen MR) is 62.2 cm³/mol. The Morgan fingerprint density at radius 2 is 2.12 bits per heavy atom. The lowest BCUT2D eigenvalue weighted by Gasteiger charge is -2.13. The van der Waals surface area contributed by atoms with Gasteiger partial charge < -0.3 is 20.6 Å². The molecule has 0 saturated carbocycles. The van der Waals surface area contributed by atoms with Crippen LogP contribution in [0.4, 0.5) is 0 Å². The molecular weight excluding hydrogens is 206 g/mol. The lowest BCUT2D eigenvalue weighted by Crippen LogP contribution is -2.22. The number of aliphatic hydroxyl groups excluding tert-OH is 2. The molecule has 1 aromatic carbocycles. The fraction of sp³-hybridized carbons (Fsp3) is 0.500. The molecule has 0 radical (unpaired) electrons. The molecule has 4 heteroatoms. The first-order valence-corrected chi connectivity index (χ1v) is 5.50. The molecule has 0 aliphatic heterocycles. The lowest BCUT2D eigenvalue weighted by atomic mass is 10.1. The molecule has 0 aliphatic rings. The van der Waals surface area contributed by atoms with Crippen LogP contribution in [0.1, 0.15) is 30.6 Å². The summed E-state index contributed by atoms with van der Waals surface area (Å²) in [5, 5.41) is 31.3.